The topological polar surface area (TPSA) is 121 Å². The van der Waals surface area contributed by atoms with E-state index in [4.69, 9.17) is 27.9 Å². The highest BCUT2D eigenvalue weighted by atomic mass is 35.5. The number of aromatic hydroxyl groups is 1. The van der Waals surface area contributed by atoms with Crippen LogP contribution in [0.1, 0.15) is 40.2 Å². The number of anilines is 2. The Bertz CT molecular complexity index is 2230. The number of ether oxygens (including phenoxy) is 1. The van der Waals surface area contributed by atoms with Crippen LogP contribution in [0.3, 0.4) is 0 Å². The van der Waals surface area contributed by atoms with Gasteiger partial charge in [0.15, 0.2) is 15.5 Å². The second-order valence-corrected chi connectivity index (χ2v) is 14.7. The van der Waals surface area contributed by atoms with Crippen LogP contribution in [0.4, 0.5) is 15.8 Å². The third kappa shape index (κ3) is 4.70. The van der Waals surface area contributed by atoms with Crippen LogP contribution >= 0.6 is 23.2 Å². The molecule has 0 radical (unpaired) electrons. The summed E-state index contributed by atoms with van der Waals surface area (Å²) in [5.74, 6) is -7.17. The van der Waals surface area contributed by atoms with Crippen molar-refractivity contribution in [2.45, 2.75) is 28.5 Å². The lowest BCUT2D eigenvalue weighted by atomic mass is 9.56. The molecule has 4 amide bonds. The smallest absolute Gasteiger partial charge is 0.258 e. The van der Waals surface area contributed by atoms with Crippen molar-refractivity contribution in [3.63, 3.8) is 0 Å². The molecule has 12 heteroatoms. The van der Waals surface area contributed by atoms with Crippen LogP contribution < -0.4 is 14.5 Å². The fourth-order valence-electron chi connectivity index (χ4n) is 8.46. The summed E-state index contributed by atoms with van der Waals surface area (Å²) in [5, 5.41) is 10.3. The highest BCUT2D eigenvalue weighted by Crippen LogP contribution is 2.66. The van der Waals surface area contributed by atoms with E-state index in [1.54, 1.807) is 60.7 Å². The Kier molecular flexibility index (Phi) is 7.89. The molecule has 9 nitrogen and oxygen atoms in total. The third-order valence-corrected chi connectivity index (χ3v) is 12.3. The Labute approximate surface area is 307 Å². The van der Waals surface area contributed by atoms with Gasteiger partial charge in [-0.15, -0.1) is 23.2 Å². The van der Waals surface area contributed by atoms with Gasteiger partial charge in [0.2, 0.25) is 11.8 Å². The molecule has 2 saturated heterocycles. The Morgan fingerprint density at radius 2 is 1.44 bits per heavy atom. The Morgan fingerprint density at radius 1 is 0.808 bits per heavy atom. The number of amides is 4. The van der Waals surface area contributed by atoms with Gasteiger partial charge in [0, 0.05) is 28.7 Å². The van der Waals surface area contributed by atoms with Gasteiger partial charge in [0.1, 0.15) is 17.3 Å². The molecule has 2 heterocycles. The van der Waals surface area contributed by atoms with Gasteiger partial charge in [0.25, 0.3) is 11.8 Å². The number of hydrogen-bond donors (Lipinski definition) is 1. The number of hydrogen-bond acceptors (Lipinski definition) is 7. The van der Waals surface area contributed by atoms with Crippen molar-refractivity contribution in [1.82, 2.24) is 0 Å². The molecular weight excluding hydrogens is 710 g/mol. The summed E-state index contributed by atoms with van der Waals surface area (Å²) in [6.07, 6.45) is 1.66. The summed E-state index contributed by atoms with van der Waals surface area (Å²) in [6, 6.07) is 24.0. The molecule has 0 aromatic heterocycles. The van der Waals surface area contributed by atoms with Gasteiger partial charge < -0.3 is 9.84 Å². The summed E-state index contributed by atoms with van der Waals surface area (Å²) in [7, 11) is 1.38. The number of phenols is 1. The highest BCUT2D eigenvalue weighted by molar-refractivity contribution is 6.58. The number of rotatable bonds is 6. The first-order valence-corrected chi connectivity index (χ1v) is 17.3. The summed E-state index contributed by atoms with van der Waals surface area (Å²) < 4.78 is 19.6. The highest BCUT2D eigenvalue weighted by Gasteiger charge is 2.77. The lowest BCUT2D eigenvalue weighted by molar-refractivity contribution is -0.125. The standard InChI is InChI=1S/C40H29Cl2FN2O7/c1-52-31-19-26(46)15-16-28(31)33-27-17-18-29-32(30(27)20-39(41)37(50)45(38(51)40(33,39)42)25-13-9-23(43)10-14-25)36(49)44(35(29)48)24-11-7-22(8-12-24)34(47)21-5-3-2-4-6-21/h2-17,19,29-30,32-33,46H,18,20H2,1H3/t29-,30+,32-,33+,39+,40-/m0/s1. The molecule has 0 spiro atoms. The monoisotopic (exact) mass is 738 g/mol. The normalized spacial score (nSPS) is 28.0. The van der Waals surface area contributed by atoms with Gasteiger partial charge in [0.05, 0.1) is 30.3 Å². The minimum Gasteiger partial charge on any atom is -0.508 e. The molecule has 1 N–H and O–H groups in total. The zero-order valence-corrected chi connectivity index (χ0v) is 29.0. The molecule has 3 fully saturated rings. The number of methoxy groups -OCH3 is 1. The van der Waals surface area contributed by atoms with Crippen molar-refractivity contribution in [2.75, 3.05) is 16.9 Å². The SMILES string of the molecule is COc1cc(O)ccc1[C@H]1C2=CC[C@@H]3C(=O)N(c4ccc(C(=O)c5ccccc5)cc4)C(=O)[C@@H]3[C@@H]2C[C@@]2(Cl)C(=O)N(c3ccc(F)cc3)C(=O)[C@@]12Cl. The maximum absolute atomic E-state index is 14.6. The predicted octanol–water partition coefficient (Wildman–Crippen LogP) is 6.54. The van der Waals surface area contributed by atoms with Gasteiger partial charge in [-0.05, 0) is 73.4 Å². The second-order valence-electron chi connectivity index (χ2n) is 13.4. The van der Waals surface area contributed by atoms with E-state index in [-0.39, 0.29) is 41.5 Å². The van der Waals surface area contributed by atoms with Gasteiger partial charge >= 0.3 is 0 Å². The van der Waals surface area contributed by atoms with Crippen molar-refractivity contribution < 1.29 is 38.2 Å². The molecule has 4 aliphatic rings. The number of benzene rings is 4. The zero-order valence-electron chi connectivity index (χ0n) is 27.5. The van der Waals surface area contributed by atoms with E-state index in [2.05, 4.69) is 0 Å². The van der Waals surface area contributed by atoms with Crippen LogP contribution in [0.15, 0.2) is 109 Å². The fourth-order valence-corrected chi connectivity index (χ4v) is 9.38. The van der Waals surface area contributed by atoms with Crippen LogP contribution in [-0.2, 0) is 19.2 Å². The molecule has 1 saturated carbocycles. The van der Waals surface area contributed by atoms with Crippen LogP contribution in [0.25, 0.3) is 0 Å². The molecule has 2 aliphatic heterocycles. The van der Waals surface area contributed by atoms with Crippen molar-refractivity contribution >= 4 is 64.0 Å². The number of halogens is 3. The molecule has 6 atom stereocenters. The molecule has 8 rings (SSSR count). The van der Waals surface area contributed by atoms with E-state index in [0.29, 0.717) is 22.3 Å². The number of nitrogens with zero attached hydrogens (tertiary/aromatic N) is 2. The average Bonchev–Trinajstić information content (AvgIpc) is 3.49. The van der Waals surface area contributed by atoms with E-state index < -0.39 is 62.9 Å². The molecule has 4 aromatic carbocycles. The lowest BCUT2D eigenvalue weighted by Crippen LogP contribution is -2.60. The van der Waals surface area contributed by atoms with E-state index >= 15 is 0 Å². The van der Waals surface area contributed by atoms with Crippen molar-refractivity contribution in [3.05, 3.63) is 131 Å². The summed E-state index contributed by atoms with van der Waals surface area (Å²) in [6.45, 7) is 0. The maximum atomic E-state index is 14.6. The number of fused-ring (bicyclic) bond motifs is 4. The van der Waals surface area contributed by atoms with Gasteiger partial charge in [-0.3, -0.25) is 28.9 Å². The van der Waals surface area contributed by atoms with Crippen molar-refractivity contribution in [2.24, 2.45) is 17.8 Å². The molecule has 0 bridgehead atoms. The maximum Gasteiger partial charge on any atom is 0.258 e. The third-order valence-electron chi connectivity index (χ3n) is 10.8. The van der Waals surface area contributed by atoms with Gasteiger partial charge in [-0.1, -0.05) is 48.0 Å². The lowest BCUT2D eigenvalue weighted by Gasteiger charge is -2.50. The minimum absolute atomic E-state index is 0.0598. The summed E-state index contributed by atoms with van der Waals surface area (Å²) in [5.41, 5.74) is 2.09. The molecule has 52 heavy (non-hydrogen) atoms. The Balaban J connectivity index is 1.22. The van der Waals surface area contributed by atoms with Crippen molar-refractivity contribution in [3.8, 4) is 11.5 Å². The second kappa shape index (κ2) is 12.1. The number of alkyl halides is 2. The first kappa shape index (κ1) is 33.8. The van der Waals surface area contributed by atoms with Crippen LogP contribution in [0.2, 0.25) is 0 Å². The van der Waals surface area contributed by atoms with E-state index in [1.165, 1.54) is 37.4 Å². The number of ketones is 1. The van der Waals surface area contributed by atoms with Crippen molar-refractivity contribution in [1.29, 1.82) is 0 Å². The summed E-state index contributed by atoms with van der Waals surface area (Å²) in [4.78, 5) is 68.2. The molecule has 0 unspecified atom stereocenters. The first-order valence-electron chi connectivity index (χ1n) is 16.6. The first-order chi connectivity index (χ1) is 24.9. The van der Waals surface area contributed by atoms with E-state index in [1.807, 2.05) is 0 Å². The quantitative estimate of drug-likeness (QED) is 0.103. The summed E-state index contributed by atoms with van der Waals surface area (Å²) >= 11 is 14.8. The van der Waals surface area contributed by atoms with Crippen LogP contribution in [0.5, 0.6) is 11.5 Å². The van der Waals surface area contributed by atoms with Gasteiger partial charge in [-0.2, -0.15) is 0 Å². The Hall–Kier alpha value is -5.32. The molecule has 2 aliphatic carbocycles. The number of carbonyl (C=O) groups is 5. The molecular formula is C40H29Cl2FN2O7. The van der Waals surface area contributed by atoms with Crippen LogP contribution in [0, 0.1) is 23.6 Å². The average molecular weight is 740 g/mol. The minimum atomic E-state index is -2.16. The predicted molar refractivity (Wildman–Crippen MR) is 190 cm³/mol. The zero-order chi connectivity index (χ0) is 36.7. The fraction of sp³-hybridized carbons (Fsp3) is 0.225. The van der Waals surface area contributed by atoms with Crippen LogP contribution in [-0.4, -0.2) is 51.4 Å². The van der Waals surface area contributed by atoms with E-state index in [9.17, 15) is 33.5 Å². The number of imide groups is 2. The number of phenolic OH excluding ortho intramolecular Hbond substituents is 1. The van der Waals surface area contributed by atoms with E-state index in [0.717, 1.165) is 21.9 Å². The largest absolute Gasteiger partial charge is 0.508 e. The number of allylic oxidation sites excluding steroid dienone is 2. The molecule has 262 valence electrons. The van der Waals surface area contributed by atoms with Gasteiger partial charge in [-0.25, -0.2) is 9.29 Å². The Morgan fingerprint density at radius 3 is 2.12 bits per heavy atom. The molecule has 4 aromatic rings. The number of carbonyl (C=O) groups excluding carboxylic acids is 5.